The molecule has 1 aromatic heterocycles. The van der Waals surface area contributed by atoms with E-state index < -0.39 is 5.97 Å². The lowest BCUT2D eigenvalue weighted by Crippen LogP contribution is -2.39. The van der Waals surface area contributed by atoms with E-state index >= 15 is 0 Å². The number of benzene rings is 1. The summed E-state index contributed by atoms with van der Waals surface area (Å²) in [5.41, 5.74) is 2.23. The molecule has 2 aromatic rings. The Morgan fingerprint density at radius 3 is 2.86 bits per heavy atom. The van der Waals surface area contributed by atoms with Crippen molar-refractivity contribution in [3.8, 4) is 0 Å². The average molecular weight is 289 g/mol. The molecule has 0 spiro atoms. The first kappa shape index (κ1) is 14.9. The number of para-hydroxylation sites is 1. The zero-order valence-electron chi connectivity index (χ0n) is 11.9. The Labute approximate surface area is 122 Å². The Balaban J connectivity index is 1.81. The van der Waals surface area contributed by atoms with Gasteiger partial charge in [0.25, 0.3) is 0 Å². The van der Waals surface area contributed by atoms with Gasteiger partial charge in [0.15, 0.2) is 0 Å². The Morgan fingerprint density at radius 1 is 1.33 bits per heavy atom. The van der Waals surface area contributed by atoms with Crippen LogP contribution in [0.4, 0.5) is 4.79 Å². The predicted octanol–water partition coefficient (Wildman–Crippen LogP) is 1.83. The first-order chi connectivity index (χ1) is 10.1. The van der Waals surface area contributed by atoms with Crippen LogP contribution in [0.15, 0.2) is 30.5 Å². The van der Waals surface area contributed by atoms with Crippen molar-refractivity contribution in [3.05, 3.63) is 36.0 Å². The molecular weight excluding hydrogens is 270 g/mol. The third-order valence-electron chi connectivity index (χ3n) is 3.35. The average Bonchev–Trinajstić information content (AvgIpc) is 2.88. The number of carboxylic acids is 1. The van der Waals surface area contributed by atoms with Gasteiger partial charge in [-0.3, -0.25) is 4.79 Å². The minimum atomic E-state index is -0.909. The normalized spacial score (nSPS) is 10.5. The molecule has 0 fully saturated rings. The molecule has 0 aliphatic rings. The number of hydrogen-bond acceptors (Lipinski definition) is 2. The van der Waals surface area contributed by atoms with Crippen molar-refractivity contribution in [2.75, 3.05) is 20.1 Å². The van der Waals surface area contributed by atoms with Crippen LogP contribution in [0.25, 0.3) is 10.9 Å². The zero-order valence-corrected chi connectivity index (χ0v) is 11.9. The van der Waals surface area contributed by atoms with E-state index in [1.807, 2.05) is 30.5 Å². The Hall–Kier alpha value is -2.50. The molecule has 2 amide bonds. The van der Waals surface area contributed by atoms with Gasteiger partial charge in [-0.1, -0.05) is 18.2 Å². The maximum absolute atomic E-state index is 11.8. The van der Waals surface area contributed by atoms with E-state index in [-0.39, 0.29) is 19.0 Å². The smallest absolute Gasteiger partial charge is 0.317 e. The maximum Gasteiger partial charge on any atom is 0.317 e. The van der Waals surface area contributed by atoms with E-state index in [4.69, 9.17) is 5.11 Å². The number of rotatable bonds is 6. The molecular formula is C15H19N3O3. The van der Waals surface area contributed by atoms with Crippen LogP contribution in [0.5, 0.6) is 0 Å². The molecule has 0 saturated heterocycles. The third-order valence-corrected chi connectivity index (χ3v) is 3.35. The molecule has 0 unspecified atom stereocenters. The van der Waals surface area contributed by atoms with Crippen LogP contribution in [0, 0.1) is 0 Å². The van der Waals surface area contributed by atoms with Crippen LogP contribution in [0.2, 0.25) is 0 Å². The van der Waals surface area contributed by atoms with E-state index in [2.05, 4.69) is 10.3 Å². The van der Waals surface area contributed by atoms with E-state index in [1.165, 1.54) is 4.90 Å². The molecule has 6 nitrogen and oxygen atoms in total. The third kappa shape index (κ3) is 3.98. The second kappa shape index (κ2) is 6.78. The van der Waals surface area contributed by atoms with Gasteiger partial charge in [-0.25, -0.2) is 4.79 Å². The summed E-state index contributed by atoms with van der Waals surface area (Å²) >= 11 is 0. The van der Waals surface area contributed by atoms with Crippen LogP contribution in [0.1, 0.15) is 12.0 Å². The number of aromatic nitrogens is 1. The minimum absolute atomic E-state index is 0.0492. The van der Waals surface area contributed by atoms with Crippen LogP contribution >= 0.6 is 0 Å². The Bertz CT molecular complexity index is 636. The lowest BCUT2D eigenvalue weighted by Gasteiger charge is -2.16. The van der Waals surface area contributed by atoms with Crippen LogP contribution in [-0.2, 0) is 11.2 Å². The molecule has 1 heterocycles. The van der Waals surface area contributed by atoms with Gasteiger partial charge >= 0.3 is 12.0 Å². The number of fused-ring (bicyclic) bond motifs is 1. The van der Waals surface area contributed by atoms with Gasteiger partial charge in [-0.2, -0.15) is 0 Å². The summed E-state index contributed by atoms with van der Waals surface area (Å²) in [6, 6.07) is 7.76. The predicted molar refractivity (Wildman–Crippen MR) is 80.3 cm³/mol. The second-order valence-corrected chi connectivity index (χ2v) is 4.91. The number of carbonyl (C=O) groups excluding carboxylic acids is 1. The number of amides is 2. The molecule has 112 valence electrons. The number of hydrogen-bond donors (Lipinski definition) is 3. The summed E-state index contributed by atoms with van der Waals surface area (Å²) in [7, 11) is 1.59. The van der Waals surface area contributed by atoms with Gasteiger partial charge < -0.3 is 20.3 Å². The molecule has 6 heteroatoms. The molecule has 0 radical (unpaired) electrons. The number of aromatic amines is 1. The second-order valence-electron chi connectivity index (χ2n) is 4.91. The van der Waals surface area contributed by atoms with Crippen LogP contribution in [-0.4, -0.2) is 47.1 Å². The number of nitrogens with zero attached hydrogens (tertiary/aromatic N) is 1. The minimum Gasteiger partial charge on any atom is -0.481 e. The van der Waals surface area contributed by atoms with Crippen molar-refractivity contribution < 1.29 is 14.7 Å². The summed E-state index contributed by atoms with van der Waals surface area (Å²) in [5, 5.41) is 12.5. The monoisotopic (exact) mass is 289 g/mol. The fraction of sp³-hybridized carbons (Fsp3) is 0.333. The summed E-state index contributed by atoms with van der Waals surface area (Å²) in [5.74, 6) is -0.909. The maximum atomic E-state index is 11.8. The Morgan fingerprint density at radius 2 is 2.10 bits per heavy atom. The number of carboxylic acid groups (broad SMARTS) is 1. The molecule has 2 rings (SSSR count). The lowest BCUT2D eigenvalue weighted by molar-refractivity contribution is -0.137. The van der Waals surface area contributed by atoms with Crippen molar-refractivity contribution in [3.63, 3.8) is 0 Å². The first-order valence-electron chi connectivity index (χ1n) is 6.83. The zero-order chi connectivity index (χ0) is 15.2. The number of H-pyrrole nitrogens is 1. The van der Waals surface area contributed by atoms with Crippen LogP contribution in [0.3, 0.4) is 0 Å². The molecule has 1 aromatic carbocycles. The van der Waals surface area contributed by atoms with Gasteiger partial charge in [0.05, 0.1) is 6.42 Å². The van der Waals surface area contributed by atoms with Crippen molar-refractivity contribution in [1.29, 1.82) is 0 Å². The fourth-order valence-corrected chi connectivity index (χ4v) is 2.14. The topological polar surface area (TPSA) is 85.4 Å². The highest BCUT2D eigenvalue weighted by molar-refractivity contribution is 5.83. The Kier molecular flexibility index (Phi) is 4.81. The van der Waals surface area contributed by atoms with Gasteiger partial charge in [0, 0.05) is 37.2 Å². The van der Waals surface area contributed by atoms with Gasteiger partial charge in [-0.15, -0.1) is 0 Å². The van der Waals surface area contributed by atoms with E-state index in [9.17, 15) is 9.59 Å². The number of aliphatic carboxylic acids is 1. The van der Waals surface area contributed by atoms with Crippen molar-refractivity contribution in [2.24, 2.45) is 0 Å². The van der Waals surface area contributed by atoms with Crippen molar-refractivity contribution in [1.82, 2.24) is 15.2 Å². The summed E-state index contributed by atoms with van der Waals surface area (Å²) < 4.78 is 0. The first-order valence-corrected chi connectivity index (χ1v) is 6.83. The SMILES string of the molecule is CN(CCC(=O)O)C(=O)NCCc1c[nH]c2ccccc12. The molecule has 0 aliphatic carbocycles. The number of carbonyl (C=O) groups is 2. The summed E-state index contributed by atoms with van der Waals surface area (Å²) in [6.07, 6.45) is 2.62. The van der Waals surface area contributed by atoms with E-state index in [0.29, 0.717) is 6.54 Å². The fourth-order valence-electron chi connectivity index (χ4n) is 2.14. The lowest BCUT2D eigenvalue weighted by atomic mass is 10.1. The van der Waals surface area contributed by atoms with Gasteiger partial charge in [0.2, 0.25) is 0 Å². The highest BCUT2D eigenvalue weighted by Gasteiger charge is 2.10. The quantitative estimate of drug-likeness (QED) is 0.758. The van der Waals surface area contributed by atoms with Crippen LogP contribution < -0.4 is 5.32 Å². The molecule has 0 saturated carbocycles. The van der Waals surface area contributed by atoms with Crippen molar-refractivity contribution in [2.45, 2.75) is 12.8 Å². The van der Waals surface area contributed by atoms with E-state index in [1.54, 1.807) is 7.05 Å². The van der Waals surface area contributed by atoms with E-state index in [0.717, 1.165) is 22.9 Å². The standard InChI is InChI=1S/C15H19N3O3/c1-18(9-7-14(19)20)15(21)16-8-6-11-10-17-13-5-3-2-4-12(11)13/h2-5,10,17H,6-9H2,1H3,(H,16,21)(H,19,20). The largest absolute Gasteiger partial charge is 0.481 e. The number of nitrogens with one attached hydrogen (secondary N) is 2. The molecule has 21 heavy (non-hydrogen) atoms. The van der Waals surface area contributed by atoms with Gasteiger partial charge in [-0.05, 0) is 18.1 Å². The summed E-state index contributed by atoms with van der Waals surface area (Å²) in [4.78, 5) is 26.8. The summed E-state index contributed by atoms with van der Waals surface area (Å²) in [6.45, 7) is 0.715. The molecule has 0 aliphatic heterocycles. The number of urea groups is 1. The molecule has 0 atom stereocenters. The molecule has 0 bridgehead atoms. The highest BCUT2D eigenvalue weighted by atomic mass is 16.4. The highest BCUT2D eigenvalue weighted by Crippen LogP contribution is 2.17. The van der Waals surface area contributed by atoms with Crippen molar-refractivity contribution >= 4 is 22.9 Å². The van der Waals surface area contributed by atoms with Gasteiger partial charge in [0.1, 0.15) is 0 Å². The molecule has 3 N–H and O–H groups in total.